The number of hydrogen-bond donors (Lipinski definition) is 0. The van der Waals surface area contributed by atoms with Crippen LogP contribution in [-0.4, -0.2) is 0 Å². The molecule has 0 spiro atoms. The summed E-state index contributed by atoms with van der Waals surface area (Å²) in [6, 6.07) is 49.8. The van der Waals surface area contributed by atoms with Crippen molar-refractivity contribution in [3.05, 3.63) is 150 Å². The molecule has 0 unspecified atom stereocenters. The first-order valence-electron chi connectivity index (χ1n) is 11.3. The van der Waals surface area contributed by atoms with Gasteiger partial charge in [-0.25, -0.2) is 0 Å². The van der Waals surface area contributed by atoms with Crippen molar-refractivity contribution < 1.29 is 0 Å². The quantitative estimate of drug-likeness (QED) is 0.189. The summed E-state index contributed by atoms with van der Waals surface area (Å²) in [7, 11) is 0. The zero-order valence-electron chi connectivity index (χ0n) is 18.7. The van der Waals surface area contributed by atoms with Crippen LogP contribution in [0.15, 0.2) is 140 Å². The molecule has 34 heavy (non-hydrogen) atoms. The molecule has 0 aliphatic rings. The molecule has 0 atom stereocenters. The first-order valence-corrected chi connectivity index (χ1v) is 16.1. The fraction of sp³-hybridized carbons (Fsp3) is 0.0323. The van der Waals surface area contributed by atoms with Crippen molar-refractivity contribution in [3.63, 3.8) is 0 Å². The summed E-state index contributed by atoms with van der Waals surface area (Å²) in [6.07, 6.45) is 0.880. The number of rotatable bonds is 6. The number of halogens is 2. The van der Waals surface area contributed by atoms with Gasteiger partial charge in [-0.1, -0.05) is 0 Å². The molecule has 0 bridgehead atoms. The molecular formula is C31H25BrClP. The van der Waals surface area contributed by atoms with Crippen LogP contribution >= 0.6 is 32.4 Å². The molecule has 0 saturated heterocycles. The van der Waals surface area contributed by atoms with Crippen LogP contribution in [0.3, 0.4) is 0 Å². The van der Waals surface area contributed by atoms with E-state index >= 15 is 0 Å². The van der Waals surface area contributed by atoms with E-state index in [1.165, 1.54) is 32.6 Å². The van der Waals surface area contributed by atoms with E-state index in [2.05, 4.69) is 143 Å². The molecule has 0 amide bonds. The SMILES string of the molecule is Clc1ccc(-c2ccc(CP(Br)(c3ccccc3)(c3ccccc3)c3ccccc3)cc2)cc1. The molecule has 0 aromatic heterocycles. The normalized spacial score (nSPS) is 12.6. The van der Waals surface area contributed by atoms with Crippen molar-refractivity contribution in [2.24, 2.45) is 0 Å². The Morgan fingerprint density at radius 2 is 0.824 bits per heavy atom. The Kier molecular flexibility index (Phi) is 6.45. The first kappa shape index (κ1) is 23.1. The first-order chi connectivity index (χ1) is 16.6. The summed E-state index contributed by atoms with van der Waals surface area (Å²) >= 11 is 10.6. The maximum atomic E-state index is 6.09. The van der Waals surface area contributed by atoms with E-state index in [-0.39, 0.29) is 0 Å². The molecule has 168 valence electrons. The third-order valence-corrected chi connectivity index (χ3v) is 16.3. The van der Waals surface area contributed by atoms with Crippen molar-refractivity contribution in [2.75, 3.05) is 0 Å². The maximum absolute atomic E-state index is 6.09. The molecule has 0 aliphatic carbocycles. The van der Waals surface area contributed by atoms with Crippen molar-refractivity contribution in [3.8, 4) is 11.1 Å². The average Bonchev–Trinajstić information content (AvgIpc) is 2.91. The summed E-state index contributed by atoms with van der Waals surface area (Å²) in [4.78, 5) is 0. The van der Waals surface area contributed by atoms with Crippen LogP contribution in [0, 0.1) is 0 Å². The zero-order chi connectivity index (χ0) is 23.5. The second kappa shape index (κ2) is 9.51. The fourth-order valence-electron chi connectivity index (χ4n) is 4.73. The molecule has 5 rings (SSSR count). The Hall–Kier alpha value is -2.70. The summed E-state index contributed by atoms with van der Waals surface area (Å²) in [6.45, 7) is 0. The van der Waals surface area contributed by atoms with E-state index in [4.69, 9.17) is 11.6 Å². The minimum atomic E-state index is -2.99. The van der Waals surface area contributed by atoms with Crippen molar-refractivity contribution in [1.29, 1.82) is 0 Å². The second-order valence-electron chi connectivity index (χ2n) is 8.55. The standard InChI is InChI=1S/C31H25BrClP/c32-34(29-10-4-1-5-11-29,30-12-6-2-7-13-30,31-14-8-3-9-15-31)24-25-16-18-26(19-17-25)27-20-22-28(33)23-21-27/h1-23H,24H2. The van der Waals surface area contributed by atoms with Crippen LogP contribution in [0.25, 0.3) is 11.1 Å². The minimum absolute atomic E-state index is 0.755. The van der Waals surface area contributed by atoms with E-state index in [9.17, 15) is 0 Å². The van der Waals surface area contributed by atoms with Crippen LogP contribution in [-0.2, 0) is 6.16 Å². The molecule has 0 fully saturated rings. The van der Waals surface area contributed by atoms with Crippen LogP contribution in [0.5, 0.6) is 0 Å². The monoisotopic (exact) mass is 542 g/mol. The molecule has 3 heteroatoms. The Bertz CT molecular complexity index is 1270. The summed E-state index contributed by atoms with van der Waals surface area (Å²) in [5, 5.41) is 1.74. The van der Waals surface area contributed by atoms with Gasteiger partial charge in [-0.2, -0.15) is 0 Å². The summed E-state index contributed by atoms with van der Waals surface area (Å²) in [5.41, 5.74) is 3.65. The average molecular weight is 544 g/mol. The Balaban J connectivity index is 1.69. The van der Waals surface area contributed by atoms with Gasteiger partial charge in [0.15, 0.2) is 0 Å². The second-order valence-corrected chi connectivity index (χ2v) is 17.9. The van der Waals surface area contributed by atoms with Crippen molar-refractivity contribution in [1.82, 2.24) is 0 Å². The molecule has 0 aliphatic heterocycles. The Morgan fingerprint density at radius 1 is 0.471 bits per heavy atom. The van der Waals surface area contributed by atoms with E-state index in [0.717, 1.165) is 11.2 Å². The van der Waals surface area contributed by atoms with Gasteiger partial charge in [0.1, 0.15) is 0 Å². The Morgan fingerprint density at radius 3 is 1.21 bits per heavy atom. The molecule has 0 N–H and O–H groups in total. The van der Waals surface area contributed by atoms with Gasteiger partial charge in [-0.05, 0) is 0 Å². The number of benzene rings is 5. The molecule has 0 heterocycles. The third kappa shape index (κ3) is 4.14. The van der Waals surface area contributed by atoms with Gasteiger partial charge in [0.05, 0.1) is 0 Å². The van der Waals surface area contributed by atoms with Crippen LogP contribution < -0.4 is 15.9 Å². The number of hydrogen-bond acceptors (Lipinski definition) is 0. The van der Waals surface area contributed by atoms with Crippen LogP contribution in [0.4, 0.5) is 0 Å². The van der Waals surface area contributed by atoms with Gasteiger partial charge in [0, 0.05) is 0 Å². The molecule has 5 aromatic rings. The van der Waals surface area contributed by atoms with Gasteiger partial charge < -0.3 is 0 Å². The fourth-order valence-corrected chi connectivity index (χ4v) is 12.6. The van der Waals surface area contributed by atoms with Gasteiger partial charge >= 0.3 is 216 Å². The summed E-state index contributed by atoms with van der Waals surface area (Å²) < 4.78 is 0. The van der Waals surface area contributed by atoms with Crippen LogP contribution in [0.1, 0.15) is 5.56 Å². The van der Waals surface area contributed by atoms with Crippen LogP contribution in [0.2, 0.25) is 5.02 Å². The molecule has 5 aromatic carbocycles. The van der Waals surface area contributed by atoms with Gasteiger partial charge in [0.25, 0.3) is 0 Å². The molecule has 0 saturated carbocycles. The van der Waals surface area contributed by atoms with Crippen molar-refractivity contribution in [2.45, 2.75) is 6.16 Å². The topological polar surface area (TPSA) is 0 Å². The molecule has 0 radical (unpaired) electrons. The molecule has 0 nitrogen and oxygen atoms in total. The summed E-state index contributed by atoms with van der Waals surface area (Å²) in [5.74, 6) is 0. The predicted octanol–water partition coefficient (Wildman–Crippen LogP) is 8.35. The zero-order valence-corrected chi connectivity index (χ0v) is 21.9. The Labute approximate surface area is 214 Å². The van der Waals surface area contributed by atoms with Gasteiger partial charge in [-0.3, -0.25) is 0 Å². The van der Waals surface area contributed by atoms with Gasteiger partial charge in [-0.15, -0.1) is 0 Å². The third-order valence-electron chi connectivity index (χ3n) is 6.49. The van der Waals surface area contributed by atoms with Crippen molar-refractivity contribution >= 4 is 48.3 Å². The molecular weight excluding hydrogens is 519 g/mol. The van der Waals surface area contributed by atoms with E-state index in [0.29, 0.717) is 0 Å². The van der Waals surface area contributed by atoms with E-state index < -0.39 is 5.31 Å². The van der Waals surface area contributed by atoms with E-state index in [1.807, 2.05) is 12.1 Å². The van der Waals surface area contributed by atoms with E-state index in [1.54, 1.807) is 0 Å². The van der Waals surface area contributed by atoms with Gasteiger partial charge in [0.2, 0.25) is 0 Å². The predicted molar refractivity (Wildman–Crippen MR) is 155 cm³/mol.